The molecule has 0 aliphatic carbocycles. The van der Waals surface area contributed by atoms with Gasteiger partial charge in [0, 0.05) is 13.7 Å². The molecule has 4 nitrogen and oxygen atoms in total. The van der Waals surface area contributed by atoms with E-state index in [1.807, 2.05) is 12.1 Å². The van der Waals surface area contributed by atoms with Crippen LogP contribution in [0.4, 0.5) is 0 Å². The van der Waals surface area contributed by atoms with E-state index < -0.39 is 0 Å². The van der Waals surface area contributed by atoms with Crippen LogP contribution in [0.1, 0.15) is 11.5 Å². The number of rotatable bonds is 10. The predicted octanol–water partition coefficient (Wildman–Crippen LogP) is 1.90. The van der Waals surface area contributed by atoms with Gasteiger partial charge < -0.3 is 19.2 Å². The first kappa shape index (κ1) is 14.6. The lowest BCUT2D eigenvalue weighted by Gasteiger charge is -2.04. The molecule has 0 saturated carbocycles. The largest absolute Gasteiger partial charge is 0.464 e. The fraction of sp³-hybridized carbons (Fsp3) is 0.667. The number of furan rings is 1. The molecule has 0 radical (unpaired) electrons. The molecule has 0 fully saturated rings. The van der Waals surface area contributed by atoms with Gasteiger partial charge in [0.05, 0.1) is 32.1 Å². The van der Waals surface area contributed by atoms with E-state index in [9.17, 15) is 0 Å². The summed E-state index contributed by atoms with van der Waals surface area (Å²) in [5.74, 6) is 2.94. The molecule has 1 heterocycles. The minimum Gasteiger partial charge on any atom is -0.464 e. The summed E-state index contributed by atoms with van der Waals surface area (Å²) in [7, 11) is 1.67. The number of thioether (sulfide) groups is 1. The van der Waals surface area contributed by atoms with Crippen molar-refractivity contribution < 1.29 is 13.9 Å². The Morgan fingerprint density at radius 3 is 2.82 bits per heavy atom. The zero-order valence-corrected chi connectivity index (χ0v) is 11.3. The average molecular weight is 259 g/mol. The number of hydrogen-bond donors (Lipinski definition) is 1. The van der Waals surface area contributed by atoms with Crippen LogP contribution in [0.2, 0.25) is 0 Å². The van der Waals surface area contributed by atoms with Crippen molar-refractivity contribution in [1.29, 1.82) is 0 Å². The van der Waals surface area contributed by atoms with Crippen molar-refractivity contribution in [3.63, 3.8) is 0 Å². The van der Waals surface area contributed by atoms with Crippen LogP contribution in [-0.4, -0.2) is 39.7 Å². The van der Waals surface area contributed by atoms with Crippen molar-refractivity contribution in [2.75, 3.05) is 39.7 Å². The highest BCUT2D eigenvalue weighted by Gasteiger charge is 2.00. The van der Waals surface area contributed by atoms with Crippen LogP contribution in [0.25, 0.3) is 0 Å². The maximum absolute atomic E-state index is 5.63. The molecule has 0 saturated heterocycles. The SMILES string of the molecule is COCCOCCNCc1ccc(CSC)o1. The Morgan fingerprint density at radius 2 is 2.06 bits per heavy atom. The van der Waals surface area contributed by atoms with E-state index in [2.05, 4.69) is 11.6 Å². The second-order valence-corrected chi connectivity index (χ2v) is 4.45. The molecule has 0 unspecified atom stereocenters. The molecular weight excluding hydrogens is 238 g/mol. The summed E-state index contributed by atoms with van der Waals surface area (Å²) in [6.07, 6.45) is 2.07. The standard InChI is InChI=1S/C12H21NO3S/c1-14-7-8-15-6-5-13-9-11-3-4-12(16-11)10-17-2/h3-4,13H,5-10H2,1-2H3. The van der Waals surface area contributed by atoms with Crippen LogP contribution < -0.4 is 5.32 Å². The van der Waals surface area contributed by atoms with Crippen molar-refractivity contribution in [3.8, 4) is 0 Å². The van der Waals surface area contributed by atoms with Gasteiger partial charge in [-0.2, -0.15) is 11.8 Å². The van der Waals surface area contributed by atoms with Gasteiger partial charge >= 0.3 is 0 Å². The van der Waals surface area contributed by atoms with E-state index in [-0.39, 0.29) is 0 Å². The quantitative estimate of drug-likeness (QED) is 0.650. The van der Waals surface area contributed by atoms with Gasteiger partial charge in [0.1, 0.15) is 11.5 Å². The molecule has 0 spiro atoms. The van der Waals surface area contributed by atoms with Crippen LogP contribution in [0.15, 0.2) is 16.5 Å². The molecule has 0 aromatic carbocycles. The summed E-state index contributed by atoms with van der Waals surface area (Å²) in [5.41, 5.74) is 0. The average Bonchev–Trinajstić information content (AvgIpc) is 2.76. The van der Waals surface area contributed by atoms with E-state index in [4.69, 9.17) is 13.9 Å². The van der Waals surface area contributed by atoms with Crippen molar-refractivity contribution in [2.45, 2.75) is 12.3 Å². The smallest absolute Gasteiger partial charge is 0.118 e. The Morgan fingerprint density at radius 1 is 1.24 bits per heavy atom. The zero-order valence-electron chi connectivity index (χ0n) is 10.5. The summed E-state index contributed by atoms with van der Waals surface area (Å²) in [4.78, 5) is 0. The van der Waals surface area contributed by atoms with Gasteiger partial charge in [-0.15, -0.1) is 0 Å². The molecular formula is C12H21NO3S. The van der Waals surface area contributed by atoms with Gasteiger partial charge in [0.15, 0.2) is 0 Å². The predicted molar refractivity (Wildman–Crippen MR) is 70.3 cm³/mol. The molecule has 1 N–H and O–H groups in total. The van der Waals surface area contributed by atoms with E-state index in [1.54, 1.807) is 18.9 Å². The molecule has 1 aromatic heterocycles. The molecule has 98 valence electrons. The fourth-order valence-electron chi connectivity index (χ4n) is 1.34. The number of nitrogens with one attached hydrogen (secondary N) is 1. The van der Waals surface area contributed by atoms with Crippen molar-refractivity contribution >= 4 is 11.8 Å². The normalized spacial score (nSPS) is 10.9. The molecule has 17 heavy (non-hydrogen) atoms. The highest BCUT2D eigenvalue weighted by atomic mass is 32.2. The molecule has 0 amide bonds. The fourth-order valence-corrected chi connectivity index (χ4v) is 1.78. The highest BCUT2D eigenvalue weighted by molar-refractivity contribution is 7.97. The van der Waals surface area contributed by atoms with Gasteiger partial charge in [-0.05, 0) is 18.4 Å². The van der Waals surface area contributed by atoms with Gasteiger partial charge in [-0.1, -0.05) is 0 Å². The third-order valence-corrected chi connectivity index (χ3v) is 2.73. The first-order valence-corrected chi connectivity index (χ1v) is 7.10. The Bertz CT molecular complexity index is 291. The van der Waals surface area contributed by atoms with Gasteiger partial charge in [-0.25, -0.2) is 0 Å². The monoisotopic (exact) mass is 259 g/mol. The van der Waals surface area contributed by atoms with Crippen LogP contribution in [0.5, 0.6) is 0 Å². The minimum absolute atomic E-state index is 0.649. The first-order valence-electron chi connectivity index (χ1n) is 5.70. The third kappa shape index (κ3) is 6.73. The van der Waals surface area contributed by atoms with E-state index in [1.165, 1.54) is 0 Å². The Balaban J connectivity index is 2.01. The van der Waals surface area contributed by atoms with Crippen LogP contribution >= 0.6 is 11.8 Å². The van der Waals surface area contributed by atoms with Crippen LogP contribution in [0, 0.1) is 0 Å². The summed E-state index contributed by atoms with van der Waals surface area (Å²) in [6, 6.07) is 4.05. The topological polar surface area (TPSA) is 43.6 Å². The summed E-state index contributed by atoms with van der Waals surface area (Å²) < 4.78 is 15.8. The molecule has 5 heteroatoms. The maximum Gasteiger partial charge on any atom is 0.118 e. The Hall–Kier alpha value is -0.490. The summed E-state index contributed by atoms with van der Waals surface area (Å²) in [6.45, 7) is 3.57. The van der Waals surface area contributed by atoms with Crippen molar-refractivity contribution in [1.82, 2.24) is 5.32 Å². The van der Waals surface area contributed by atoms with E-state index in [0.29, 0.717) is 19.8 Å². The molecule has 0 aliphatic heterocycles. The second-order valence-electron chi connectivity index (χ2n) is 3.58. The van der Waals surface area contributed by atoms with E-state index >= 15 is 0 Å². The van der Waals surface area contributed by atoms with E-state index in [0.717, 1.165) is 30.4 Å². The van der Waals surface area contributed by atoms with Crippen LogP contribution in [-0.2, 0) is 21.8 Å². The lowest BCUT2D eigenvalue weighted by atomic mass is 10.4. The number of hydrogen-bond acceptors (Lipinski definition) is 5. The van der Waals surface area contributed by atoms with Crippen molar-refractivity contribution in [2.24, 2.45) is 0 Å². The van der Waals surface area contributed by atoms with Crippen molar-refractivity contribution in [3.05, 3.63) is 23.7 Å². The lowest BCUT2D eigenvalue weighted by Crippen LogP contribution is -2.19. The third-order valence-electron chi connectivity index (χ3n) is 2.16. The summed E-state index contributed by atoms with van der Waals surface area (Å²) in [5, 5.41) is 3.27. The molecule has 0 bridgehead atoms. The highest BCUT2D eigenvalue weighted by Crippen LogP contribution is 2.12. The second kappa shape index (κ2) is 9.53. The Labute approximate surface area is 107 Å². The Kier molecular flexibility index (Phi) is 8.17. The minimum atomic E-state index is 0.649. The zero-order chi connectivity index (χ0) is 12.3. The van der Waals surface area contributed by atoms with Gasteiger partial charge in [0.25, 0.3) is 0 Å². The number of ether oxygens (including phenoxy) is 2. The summed E-state index contributed by atoms with van der Waals surface area (Å²) >= 11 is 1.76. The first-order chi connectivity index (χ1) is 8.36. The van der Waals surface area contributed by atoms with Gasteiger partial charge in [0.2, 0.25) is 0 Å². The molecule has 0 atom stereocenters. The maximum atomic E-state index is 5.63. The molecule has 1 rings (SSSR count). The van der Waals surface area contributed by atoms with Crippen LogP contribution in [0.3, 0.4) is 0 Å². The molecule has 1 aromatic rings. The lowest BCUT2D eigenvalue weighted by molar-refractivity contribution is 0.0717. The molecule has 0 aliphatic rings. The number of methoxy groups -OCH3 is 1. The van der Waals surface area contributed by atoms with Gasteiger partial charge in [-0.3, -0.25) is 0 Å².